The molecule has 1 aliphatic heterocycles. The molecule has 0 saturated heterocycles. The molecule has 0 bridgehead atoms. The van der Waals surface area contributed by atoms with Gasteiger partial charge >= 0.3 is 0 Å². The second-order valence-corrected chi connectivity index (χ2v) is 4.29. The summed E-state index contributed by atoms with van der Waals surface area (Å²) < 4.78 is 0. The topological polar surface area (TPSA) is 46.3 Å². The third-order valence-electron chi connectivity index (χ3n) is 3.30. The lowest BCUT2D eigenvalue weighted by Crippen LogP contribution is -2.23. The summed E-state index contributed by atoms with van der Waals surface area (Å²) in [4.78, 5) is 13.7. The normalized spacial score (nSPS) is 19.1. The SMILES string of the molecule is CCC1C(=O)N(C)c2ccc(CCN)cc21. The predicted octanol–water partition coefficient (Wildman–Crippen LogP) is 1.66. The van der Waals surface area contributed by atoms with Crippen molar-refractivity contribution < 1.29 is 4.79 Å². The average Bonchev–Trinajstić information content (AvgIpc) is 2.52. The fourth-order valence-corrected chi connectivity index (χ4v) is 2.39. The van der Waals surface area contributed by atoms with Crippen molar-refractivity contribution in [3.63, 3.8) is 0 Å². The smallest absolute Gasteiger partial charge is 0.234 e. The van der Waals surface area contributed by atoms with E-state index in [1.807, 2.05) is 13.1 Å². The Balaban J connectivity index is 2.42. The minimum Gasteiger partial charge on any atom is -0.330 e. The Hall–Kier alpha value is -1.35. The molecule has 16 heavy (non-hydrogen) atoms. The van der Waals surface area contributed by atoms with Gasteiger partial charge in [-0.15, -0.1) is 0 Å². The summed E-state index contributed by atoms with van der Waals surface area (Å²) in [6, 6.07) is 6.24. The predicted molar refractivity (Wildman–Crippen MR) is 65.6 cm³/mol. The highest BCUT2D eigenvalue weighted by Gasteiger charge is 2.33. The Bertz CT molecular complexity index is 414. The maximum Gasteiger partial charge on any atom is 0.234 e. The molecule has 1 amide bonds. The van der Waals surface area contributed by atoms with Crippen molar-refractivity contribution >= 4 is 11.6 Å². The Morgan fingerprint density at radius 3 is 2.81 bits per heavy atom. The summed E-state index contributed by atoms with van der Waals surface area (Å²) in [7, 11) is 1.85. The van der Waals surface area contributed by atoms with Crippen LogP contribution in [0.15, 0.2) is 18.2 Å². The lowest BCUT2D eigenvalue weighted by atomic mass is 9.96. The lowest BCUT2D eigenvalue weighted by Gasteiger charge is -2.10. The van der Waals surface area contributed by atoms with Crippen molar-refractivity contribution in [3.05, 3.63) is 29.3 Å². The van der Waals surface area contributed by atoms with Gasteiger partial charge in [-0.1, -0.05) is 19.1 Å². The number of carbonyl (C=O) groups excluding carboxylic acids is 1. The second-order valence-electron chi connectivity index (χ2n) is 4.29. The molecule has 0 fully saturated rings. The zero-order chi connectivity index (χ0) is 11.7. The summed E-state index contributed by atoms with van der Waals surface area (Å²) in [5.41, 5.74) is 9.00. The van der Waals surface area contributed by atoms with Crippen LogP contribution < -0.4 is 10.6 Å². The Morgan fingerprint density at radius 1 is 1.44 bits per heavy atom. The summed E-state index contributed by atoms with van der Waals surface area (Å²) >= 11 is 0. The van der Waals surface area contributed by atoms with Crippen molar-refractivity contribution in [2.45, 2.75) is 25.7 Å². The third-order valence-corrected chi connectivity index (χ3v) is 3.30. The first kappa shape index (κ1) is 11.1. The van der Waals surface area contributed by atoms with Crippen molar-refractivity contribution in [3.8, 4) is 0 Å². The third kappa shape index (κ3) is 1.61. The van der Waals surface area contributed by atoms with E-state index in [0.29, 0.717) is 6.54 Å². The minimum atomic E-state index is 0.0396. The summed E-state index contributed by atoms with van der Waals surface area (Å²) in [6.45, 7) is 2.71. The highest BCUT2D eigenvalue weighted by molar-refractivity contribution is 6.04. The number of likely N-dealkylation sites (N-methyl/N-ethyl adjacent to an activating group) is 1. The van der Waals surface area contributed by atoms with Crippen LogP contribution in [0.5, 0.6) is 0 Å². The van der Waals surface area contributed by atoms with Crippen LogP contribution in [0.2, 0.25) is 0 Å². The van der Waals surface area contributed by atoms with Gasteiger partial charge < -0.3 is 10.6 Å². The van der Waals surface area contributed by atoms with Gasteiger partial charge in [-0.2, -0.15) is 0 Å². The molecule has 1 aliphatic rings. The van der Waals surface area contributed by atoms with Crippen LogP contribution in [0.1, 0.15) is 30.4 Å². The van der Waals surface area contributed by atoms with Gasteiger partial charge in [0.05, 0.1) is 5.92 Å². The number of nitrogens with zero attached hydrogens (tertiary/aromatic N) is 1. The van der Waals surface area contributed by atoms with E-state index in [2.05, 4.69) is 19.1 Å². The summed E-state index contributed by atoms with van der Waals surface area (Å²) in [5, 5.41) is 0. The van der Waals surface area contributed by atoms with E-state index >= 15 is 0 Å². The van der Waals surface area contributed by atoms with Crippen LogP contribution >= 0.6 is 0 Å². The van der Waals surface area contributed by atoms with Gasteiger partial charge in [-0.25, -0.2) is 0 Å². The van der Waals surface area contributed by atoms with Crippen LogP contribution in [0.3, 0.4) is 0 Å². The van der Waals surface area contributed by atoms with Gasteiger partial charge in [0.25, 0.3) is 0 Å². The van der Waals surface area contributed by atoms with Crippen LogP contribution in [-0.2, 0) is 11.2 Å². The Morgan fingerprint density at radius 2 is 2.19 bits per heavy atom. The van der Waals surface area contributed by atoms with Gasteiger partial charge in [0.1, 0.15) is 0 Å². The number of nitrogens with two attached hydrogens (primary N) is 1. The zero-order valence-corrected chi connectivity index (χ0v) is 9.86. The van der Waals surface area contributed by atoms with Gasteiger partial charge in [0, 0.05) is 12.7 Å². The molecule has 0 aromatic heterocycles. The fourth-order valence-electron chi connectivity index (χ4n) is 2.39. The lowest BCUT2D eigenvalue weighted by molar-refractivity contribution is -0.119. The molecule has 1 aromatic rings. The van der Waals surface area contributed by atoms with E-state index in [4.69, 9.17) is 5.73 Å². The molecular weight excluding hydrogens is 200 g/mol. The number of amides is 1. The van der Waals surface area contributed by atoms with E-state index in [0.717, 1.165) is 18.5 Å². The standard InChI is InChI=1S/C13H18N2O/c1-3-10-11-8-9(6-7-14)4-5-12(11)15(2)13(10)16/h4-5,8,10H,3,6-7,14H2,1-2H3. The quantitative estimate of drug-likeness (QED) is 0.838. The average molecular weight is 218 g/mol. The molecule has 1 atom stereocenters. The van der Waals surface area contributed by atoms with Gasteiger partial charge in [0.2, 0.25) is 5.91 Å². The first-order valence-electron chi connectivity index (χ1n) is 5.79. The Kier molecular flexibility index (Phi) is 2.97. The van der Waals surface area contributed by atoms with Gasteiger partial charge in [0.15, 0.2) is 0 Å². The van der Waals surface area contributed by atoms with Crippen molar-refractivity contribution in [2.75, 3.05) is 18.5 Å². The largest absolute Gasteiger partial charge is 0.330 e. The number of fused-ring (bicyclic) bond motifs is 1. The van der Waals surface area contributed by atoms with E-state index in [1.54, 1.807) is 4.90 Å². The molecule has 3 heteroatoms. The number of benzene rings is 1. The number of hydrogen-bond donors (Lipinski definition) is 1. The Labute approximate surface area is 96.2 Å². The zero-order valence-electron chi connectivity index (χ0n) is 9.86. The van der Waals surface area contributed by atoms with Crippen LogP contribution in [0.4, 0.5) is 5.69 Å². The van der Waals surface area contributed by atoms with Gasteiger partial charge in [-0.3, -0.25) is 4.79 Å². The highest BCUT2D eigenvalue weighted by atomic mass is 16.2. The van der Waals surface area contributed by atoms with E-state index in [-0.39, 0.29) is 11.8 Å². The summed E-state index contributed by atoms with van der Waals surface area (Å²) in [6.07, 6.45) is 1.74. The molecule has 0 radical (unpaired) electrons. The van der Waals surface area contributed by atoms with Crippen LogP contribution in [0, 0.1) is 0 Å². The molecule has 2 N–H and O–H groups in total. The van der Waals surface area contributed by atoms with E-state index < -0.39 is 0 Å². The molecule has 0 spiro atoms. The van der Waals surface area contributed by atoms with E-state index in [9.17, 15) is 4.79 Å². The number of rotatable bonds is 3. The second kappa shape index (κ2) is 4.26. The molecule has 1 unspecified atom stereocenters. The van der Waals surface area contributed by atoms with Crippen molar-refractivity contribution in [1.82, 2.24) is 0 Å². The minimum absolute atomic E-state index is 0.0396. The molecule has 1 aromatic carbocycles. The number of hydrogen-bond acceptors (Lipinski definition) is 2. The molecule has 0 aliphatic carbocycles. The maximum atomic E-state index is 12.0. The molecular formula is C13H18N2O. The monoisotopic (exact) mass is 218 g/mol. The molecule has 1 heterocycles. The first-order chi connectivity index (χ1) is 7.69. The maximum absolute atomic E-state index is 12.0. The van der Waals surface area contributed by atoms with Crippen LogP contribution in [0.25, 0.3) is 0 Å². The summed E-state index contributed by atoms with van der Waals surface area (Å²) in [5.74, 6) is 0.250. The highest BCUT2D eigenvalue weighted by Crippen LogP contribution is 2.38. The van der Waals surface area contributed by atoms with Crippen molar-refractivity contribution in [2.24, 2.45) is 5.73 Å². The fraction of sp³-hybridized carbons (Fsp3) is 0.462. The molecule has 86 valence electrons. The van der Waals surface area contributed by atoms with Crippen LogP contribution in [-0.4, -0.2) is 19.5 Å². The first-order valence-corrected chi connectivity index (χ1v) is 5.79. The van der Waals surface area contributed by atoms with E-state index in [1.165, 1.54) is 11.1 Å². The van der Waals surface area contributed by atoms with Gasteiger partial charge in [-0.05, 0) is 36.6 Å². The number of anilines is 1. The molecule has 2 rings (SSSR count). The molecule has 3 nitrogen and oxygen atoms in total. The van der Waals surface area contributed by atoms with Crippen molar-refractivity contribution in [1.29, 1.82) is 0 Å². The molecule has 0 saturated carbocycles. The number of carbonyl (C=O) groups is 1.